The number of benzene rings is 2. The maximum atomic E-state index is 12.7. The highest BCUT2D eigenvalue weighted by Crippen LogP contribution is 2.25. The molecule has 0 spiro atoms. The lowest BCUT2D eigenvalue weighted by Crippen LogP contribution is -2.19. The van der Waals surface area contributed by atoms with Gasteiger partial charge in [-0.1, -0.05) is 12.1 Å². The second-order valence-corrected chi connectivity index (χ2v) is 8.92. The number of hydrogen-bond donors (Lipinski definition) is 2. The van der Waals surface area contributed by atoms with E-state index in [-0.39, 0.29) is 10.5 Å². The zero-order valence-electron chi connectivity index (χ0n) is 17.0. The summed E-state index contributed by atoms with van der Waals surface area (Å²) in [5.41, 5.74) is 1.27. The monoisotopic (exact) mass is 434 g/mol. The molecule has 0 radical (unpaired) electrons. The molecule has 1 aliphatic rings. The lowest BCUT2D eigenvalue weighted by atomic mass is 10.2. The number of nitrogens with one attached hydrogen (secondary N) is 2. The number of aromatic nitrogens is 2. The molecule has 2 aromatic carbocycles. The van der Waals surface area contributed by atoms with E-state index in [0.717, 1.165) is 24.6 Å². The first-order valence-corrected chi connectivity index (χ1v) is 11.4. The highest BCUT2D eigenvalue weighted by atomic mass is 32.2. The van der Waals surface area contributed by atoms with Gasteiger partial charge in [-0.2, -0.15) is 5.26 Å². The van der Waals surface area contributed by atoms with Crippen LogP contribution in [0.3, 0.4) is 0 Å². The van der Waals surface area contributed by atoms with E-state index in [0.29, 0.717) is 17.3 Å². The molecule has 0 bridgehead atoms. The summed E-state index contributed by atoms with van der Waals surface area (Å²) in [5, 5.41) is 12.4. The Hall–Kier alpha value is -3.64. The second kappa shape index (κ2) is 8.62. The van der Waals surface area contributed by atoms with Gasteiger partial charge in [-0.3, -0.25) is 4.72 Å². The molecule has 3 aromatic rings. The molecule has 1 aromatic heterocycles. The highest BCUT2D eigenvalue weighted by molar-refractivity contribution is 7.92. The summed E-state index contributed by atoms with van der Waals surface area (Å²) in [7, 11) is -3.87. The molecule has 4 rings (SSSR count). The van der Waals surface area contributed by atoms with E-state index in [2.05, 4.69) is 24.9 Å². The van der Waals surface area contributed by atoms with E-state index in [1.807, 2.05) is 19.1 Å². The summed E-state index contributed by atoms with van der Waals surface area (Å²) in [5.74, 6) is 2.28. The Morgan fingerprint density at radius 3 is 2.39 bits per heavy atom. The smallest absolute Gasteiger partial charge is 0.263 e. The maximum absolute atomic E-state index is 12.7. The molecule has 9 heteroatoms. The Balaban J connectivity index is 1.49. The molecule has 8 nitrogen and oxygen atoms in total. The van der Waals surface area contributed by atoms with Gasteiger partial charge in [0.05, 0.1) is 5.56 Å². The number of nitriles is 1. The van der Waals surface area contributed by atoms with Crippen LogP contribution in [0, 0.1) is 18.3 Å². The number of rotatable bonds is 6. The van der Waals surface area contributed by atoms with Crippen molar-refractivity contribution in [2.75, 3.05) is 28.0 Å². The van der Waals surface area contributed by atoms with Gasteiger partial charge in [0.1, 0.15) is 28.4 Å². The van der Waals surface area contributed by atoms with Crippen molar-refractivity contribution < 1.29 is 8.42 Å². The van der Waals surface area contributed by atoms with Crippen LogP contribution in [0.25, 0.3) is 0 Å². The van der Waals surface area contributed by atoms with Gasteiger partial charge in [0.25, 0.3) is 10.0 Å². The third-order valence-electron chi connectivity index (χ3n) is 4.96. The average molecular weight is 435 g/mol. The Kier molecular flexibility index (Phi) is 5.73. The molecule has 31 heavy (non-hydrogen) atoms. The van der Waals surface area contributed by atoms with Gasteiger partial charge in [-0.25, -0.2) is 18.4 Å². The summed E-state index contributed by atoms with van der Waals surface area (Å²) in [6.07, 6.45) is 2.34. The molecular formula is C22H22N6O2S. The molecule has 0 unspecified atom stereocenters. The minimum absolute atomic E-state index is 0.0504. The number of hydrogen-bond acceptors (Lipinski definition) is 7. The molecule has 2 heterocycles. The Morgan fingerprint density at radius 2 is 1.68 bits per heavy atom. The Bertz CT molecular complexity index is 1230. The standard InChI is InChI=1S/C22H22N6O2S/c1-16-24-21(14-22(25-16)28-12-4-5-13-28)26-18-8-10-19(11-9-18)27-31(29,30)20-7-3-2-6-17(20)15-23/h2-3,6-11,14,27H,4-5,12-13H2,1H3,(H,24,25,26). The van der Waals surface area contributed by atoms with Gasteiger partial charge in [0, 0.05) is 30.5 Å². The van der Waals surface area contributed by atoms with Crippen molar-refractivity contribution in [1.29, 1.82) is 5.26 Å². The minimum atomic E-state index is -3.87. The molecule has 1 saturated heterocycles. The third kappa shape index (κ3) is 4.75. The zero-order valence-corrected chi connectivity index (χ0v) is 17.9. The zero-order chi connectivity index (χ0) is 21.8. The van der Waals surface area contributed by atoms with E-state index in [4.69, 9.17) is 5.26 Å². The molecular weight excluding hydrogens is 412 g/mol. The Morgan fingerprint density at radius 1 is 1.00 bits per heavy atom. The molecule has 0 amide bonds. The SMILES string of the molecule is Cc1nc(Nc2ccc(NS(=O)(=O)c3ccccc3C#N)cc2)cc(N2CCCC2)n1. The molecule has 2 N–H and O–H groups in total. The van der Waals surface area contributed by atoms with E-state index in [1.54, 1.807) is 36.4 Å². The third-order valence-corrected chi connectivity index (χ3v) is 6.40. The van der Waals surface area contributed by atoms with Crippen LogP contribution >= 0.6 is 0 Å². The van der Waals surface area contributed by atoms with E-state index in [9.17, 15) is 8.42 Å². The van der Waals surface area contributed by atoms with Gasteiger partial charge in [-0.15, -0.1) is 0 Å². The van der Waals surface area contributed by atoms with Gasteiger partial charge in [-0.05, 0) is 56.2 Å². The molecule has 0 saturated carbocycles. The summed E-state index contributed by atoms with van der Waals surface area (Å²) in [4.78, 5) is 11.2. The second-order valence-electron chi connectivity index (χ2n) is 7.27. The molecule has 1 aliphatic heterocycles. The van der Waals surface area contributed by atoms with Gasteiger partial charge < -0.3 is 10.2 Å². The van der Waals surface area contributed by atoms with Crippen molar-refractivity contribution in [3.63, 3.8) is 0 Å². The van der Waals surface area contributed by atoms with Gasteiger partial charge in [0.2, 0.25) is 0 Å². The summed E-state index contributed by atoms with van der Waals surface area (Å²) in [6.45, 7) is 3.86. The highest BCUT2D eigenvalue weighted by Gasteiger charge is 2.18. The topological polar surface area (TPSA) is 111 Å². The fraction of sp³-hybridized carbons (Fsp3) is 0.227. The van der Waals surface area contributed by atoms with Gasteiger partial charge >= 0.3 is 0 Å². The first-order valence-electron chi connectivity index (χ1n) is 9.94. The van der Waals surface area contributed by atoms with Crippen molar-refractivity contribution in [1.82, 2.24) is 9.97 Å². The van der Waals surface area contributed by atoms with Crippen molar-refractivity contribution in [2.24, 2.45) is 0 Å². The number of sulfonamides is 1. The largest absolute Gasteiger partial charge is 0.356 e. The van der Waals surface area contributed by atoms with E-state index >= 15 is 0 Å². The summed E-state index contributed by atoms with van der Waals surface area (Å²) < 4.78 is 27.8. The van der Waals surface area contributed by atoms with Gasteiger partial charge in [0.15, 0.2) is 0 Å². The van der Waals surface area contributed by atoms with Crippen LogP contribution in [0.2, 0.25) is 0 Å². The molecule has 0 aliphatic carbocycles. The van der Waals surface area contributed by atoms with E-state index in [1.165, 1.54) is 25.0 Å². The van der Waals surface area contributed by atoms with Crippen LogP contribution in [0.1, 0.15) is 24.2 Å². The predicted octanol–water partition coefficient (Wildman–Crippen LogP) is 3.80. The summed E-state index contributed by atoms with van der Waals surface area (Å²) in [6, 6.07) is 16.8. The normalized spacial score (nSPS) is 13.6. The van der Waals surface area contributed by atoms with Crippen LogP contribution in [0.15, 0.2) is 59.5 Å². The number of nitrogens with zero attached hydrogens (tertiary/aromatic N) is 4. The fourth-order valence-corrected chi connectivity index (χ4v) is 4.71. The minimum Gasteiger partial charge on any atom is -0.356 e. The van der Waals surface area contributed by atoms with Crippen LogP contribution in [0.4, 0.5) is 23.0 Å². The van der Waals surface area contributed by atoms with Crippen LogP contribution in [0.5, 0.6) is 0 Å². The predicted molar refractivity (Wildman–Crippen MR) is 120 cm³/mol. The van der Waals surface area contributed by atoms with Crippen LogP contribution < -0.4 is 14.9 Å². The molecule has 1 fully saturated rings. The average Bonchev–Trinajstić information content (AvgIpc) is 3.30. The van der Waals surface area contributed by atoms with Crippen molar-refractivity contribution in [3.8, 4) is 6.07 Å². The van der Waals surface area contributed by atoms with E-state index < -0.39 is 10.0 Å². The summed E-state index contributed by atoms with van der Waals surface area (Å²) >= 11 is 0. The van der Waals surface area contributed by atoms with Crippen LogP contribution in [-0.2, 0) is 10.0 Å². The number of anilines is 4. The lowest BCUT2D eigenvalue weighted by molar-refractivity contribution is 0.601. The number of aryl methyl sites for hydroxylation is 1. The van der Waals surface area contributed by atoms with Crippen molar-refractivity contribution >= 4 is 33.0 Å². The molecule has 158 valence electrons. The molecule has 0 atom stereocenters. The van der Waals surface area contributed by atoms with Crippen molar-refractivity contribution in [3.05, 3.63) is 66.0 Å². The Labute approximate surface area is 181 Å². The first kappa shape index (κ1) is 20.6. The quantitative estimate of drug-likeness (QED) is 0.607. The van der Waals surface area contributed by atoms with Crippen molar-refractivity contribution in [2.45, 2.75) is 24.7 Å². The maximum Gasteiger partial charge on any atom is 0.263 e. The fourth-order valence-electron chi connectivity index (χ4n) is 3.50. The first-order chi connectivity index (χ1) is 14.9. The lowest BCUT2D eigenvalue weighted by Gasteiger charge is -2.18. The van der Waals surface area contributed by atoms with Crippen LogP contribution in [-0.4, -0.2) is 31.5 Å².